The van der Waals surface area contributed by atoms with Gasteiger partial charge < -0.3 is 10.6 Å². The SMILES string of the molecule is CCCCCNc1nc(C)cc(Nc2ccc(C(C)(C)C)cc2)n1. The summed E-state index contributed by atoms with van der Waals surface area (Å²) in [4.78, 5) is 9.02. The van der Waals surface area contributed by atoms with Gasteiger partial charge in [0.25, 0.3) is 0 Å². The molecule has 2 rings (SSSR count). The van der Waals surface area contributed by atoms with Gasteiger partial charge >= 0.3 is 0 Å². The maximum Gasteiger partial charge on any atom is 0.224 e. The number of aromatic nitrogens is 2. The van der Waals surface area contributed by atoms with Crippen molar-refractivity contribution in [3.63, 3.8) is 0 Å². The highest BCUT2D eigenvalue weighted by Gasteiger charge is 2.13. The molecule has 0 amide bonds. The van der Waals surface area contributed by atoms with Crippen LogP contribution in [0.4, 0.5) is 17.5 Å². The number of benzene rings is 1. The third-order valence-corrected chi connectivity index (χ3v) is 3.94. The summed E-state index contributed by atoms with van der Waals surface area (Å²) in [6.07, 6.45) is 3.59. The third-order valence-electron chi connectivity index (χ3n) is 3.94. The first-order valence-corrected chi connectivity index (χ1v) is 8.85. The van der Waals surface area contributed by atoms with Gasteiger partial charge in [-0.05, 0) is 36.5 Å². The Morgan fingerprint density at radius 2 is 1.71 bits per heavy atom. The van der Waals surface area contributed by atoms with E-state index in [1.807, 2.05) is 13.0 Å². The first kappa shape index (κ1) is 18.2. The second-order valence-corrected chi connectivity index (χ2v) is 7.30. The molecule has 0 fully saturated rings. The lowest BCUT2D eigenvalue weighted by Crippen LogP contribution is -2.10. The number of nitrogens with one attached hydrogen (secondary N) is 2. The maximum absolute atomic E-state index is 4.56. The summed E-state index contributed by atoms with van der Waals surface area (Å²) in [5, 5.41) is 6.69. The van der Waals surface area contributed by atoms with Crippen molar-refractivity contribution >= 4 is 17.5 Å². The zero-order valence-corrected chi connectivity index (χ0v) is 15.6. The van der Waals surface area contributed by atoms with Gasteiger partial charge in [-0.2, -0.15) is 4.98 Å². The monoisotopic (exact) mass is 326 g/mol. The molecular weight excluding hydrogens is 296 g/mol. The third kappa shape index (κ3) is 5.52. The molecule has 2 N–H and O–H groups in total. The van der Waals surface area contributed by atoms with E-state index in [1.165, 1.54) is 18.4 Å². The summed E-state index contributed by atoms with van der Waals surface area (Å²) in [7, 11) is 0. The average Bonchev–Trinajstić information content (AvgIpc) is 2.51. The Labute approximate surface area is 146 Å². The molecule has 130 valence electrons. The summed E-state index contributed by atoms with van der Waals surface area (Å²) < 4.78 is 0. The van der Waals surface area contributed by atoms with Crippen molar-refractivity contribution in [1.82, 2.24) is 9.97 Å². The van der Waals surface area contributed by atoms with E-state index in [0.717, 1.165) is 30.2 Å². The van der Waals surface area contributed by atoms with Crippen molar-refractivity contribution in [1.29, 1.82) is 0 Å². The largest absolute Gasteiger partial charge is 0.354 e. The van der Waals surface area contributed by atoms with Gasteiger partial charge in [-0.3, -0.25) is 0 Å². The Hall–Kier alpha value is -2.10. The van der Waals surface area contributed by atoms with Crippen LogP contribution in [-0.2, 0) is 5.41 Å². The van der Waals surface area contributed by atoms with Crippen molar-refractivity contribution in [2.24, 2.45) is 0 Å². The zero-order valence-electron chi connectivity index (χ0n) is 15.6. The summed E-state index contributed by atoms with van der Waals surface area (Å²) in [5.41, 5.74) is 3.49. The van der Waals surface area contributed by atoms with Crippen LogP contribution in [0.15, 0.2) is 30.3 Å². The van der Waals surface area contributed by atoms with E-state index in [9.17, 15) is 0 Å². The first-order chi connectivity index (χ1) is 11.4. The minimum absolute atomic E-state index is 0.166. The lowest BCUT2D eigenvalue weighted by Gasteiger charge is -2.19. The van der Waals surface area contributed by atoms with Crippen LogP contribution in [-0.4, -0.2) is 16.5 Å². The van der Waals surface area contributed by atoms with Gasteiger partial charge in [0.1, 0.15) is 5.82 Å². The number of aryl methyl sites for hydroxylation is 1. The minimum atomic E-state index is 0.166. The van der Waals surface area contributed by atoms with E-state index >= 15 is 0 Å². The van der Waals surface area contributed by atoms with Crippen LogP contribution in [0, 0.1) is 6.92 Å². The molecule has 2 aromatic rings. The molecule has 1 aromatic carbocycles. The summed E-state index contributed by atoms with van der Waals surface area (Å²) in [5.74, 6) is 1.52. The van der Waals surface area contributed by atoms with Crippen LogP contribution in [0.25, 0.3) is 0 Å². The number of unbranched alkanes of at least 4 members (excludes halogenated alkanes) is 2. The van der Waals surface area contributed by atoms with Crippen molar-refractivity contribution in [3.05, 3.63) is 41.6 Å². The van der Waals surface area contributed by atoms with Crippen LogP contribution >= 0.6 is 0 Å². The van der Waals surface area contributed by atoms with Crippen molar-refractivity contribution < 1.29 is 0 Å². The number of hydrogen-bond donors (Lipinski definition) is 2. The summed E-state index contributed by atoms with van der Waals surface area (Å²) >= 11 is 0. The Morgan fingerprint density at radius 3 is 2.33 bits per heavy atom. The average molecular weight is 326 g/mol. The highest BCUT2D eigenvalue weighted by atomic mass is 15.1. The smallest absolute Gasteiger partial charge is 0.224 e. The fourth-order valence-electron chi connectivity index (χ4n) is 2.49. The minimum Gasteiger partial charge on any atom is -0.354 e. The van der Waals surface area contributed by atoms with Crippen LogP contribution in [0.1, 0.15) is 58.2 Å². The predicted octanol–water partition coefficient (Wildman–Crippen LogP) is 5.43. The molecule has 4 nitrogen and oxygen atoms in total. The lowest BCUT2D eigenvalue weighted by molar-refractivity contribution is 0.590. The van der Waals surface area contributed by atoms with Crippen LogP contribution < -0.4 is 10.6 Å². The molecule has 0 aliphatic heterocycles. The molecule has 0 aliphatic rings. The molecule has 1 heterocycles. The van der Waals surface area contributed by atoms with Gasteiger partial charge in [0.2, 0.25) is 5.95 Å². The van der Waals surface area contributed by atoms with E-state index in [1.54, 1.807) is 0 Å². The Morgan fingerprint density at radius 1 is 1.00 bits per heavy atom. The van der Waals surface area contributed by atoms with Gasteiger partial charge in [0.15, 0.2) is 0 Å². The normalized spacial score (nSPS) is 11.4. The fourth-order valence-corrected chi connectivity index (χ4v) is 2.49. The van der Waals surface area contributed by atoms with E-state index in [0.29, 0.717) is 5.95 Å². The van der Waals surface area contributed by atoms with Gasteiger partial charge in [-0.15, -0.1) is 0 Å². The standard InChI is InChI=1S/C20H30N4/c1-6-7-8-13-21-19-22-15(2)14-18(24-19)23-17-11-9-16(10-12-17)20(3,4)5/h9-12,14H,6-8,13H2,1-5H3,(H2,21,22,23,24). The van der Waals surface area contributed by atoms with E-state index in [2.05, 4.69) is 72.6 Å². The topological polar surface area (TPSA) is 49.8 Å². The first-order valence-electron chi connectivity index (χ1n) is 8.85. The lowest BCUT2D eigenvalue weighted by atomic mass is 9.87. The molecule has 24 heavy (non-hydrogen) atoms. The molecule has 0 saturated carbocycles. The molecule has 1 aromatic heterocycles. The van der Waals surface area contributed by atoms with Crippen LogP contribution in [0.5, 0.6) is 0 Å². The molecule has 0 spiro atoms. The van der Waals surface area contributed by atoms with Crippen molar-refractivity contribution in [2.45, 2.75) is 59.3 Å². The Kier molecular flexibility index (Phi) is 6.18. The number of nitrogens with zero attached hydrogens (tertiary/aromatic N) is 2. The molecule has 0 unspecified atom stereocenters. The molecule has 0 atom stereocenters. The highest BCUT2D eigenvalue weighted by molar-refractivity contribution is 5.58. The highest BCUT2D eigenvalue weighted by Crippen LogP contribution is 2.24. The zero-order chi connectivity index (χ0) is 17.6. The van der Waals surface area contributed by atoms with Gasteiger partial charge in [0.05, 0.1) is 0 Å². The summed E-state index contributed by atoms with van der Waals surface area (Å²) in [6.45, 7) is 11.8. The van der Waals surface area contributed by atoms with E-state index in [-0.39, 0.29) is 5.41 Å². The van der Waals surface area contributed by atoms with E-state index in [4.69, 9.17) is 0 Å². The Bertz CT molecular complexity index is 642. The molecule has 4 heteroatoms. The molecular formula is C20H30N4. The van der Waals surface area contributed by atoms with Crippen LogP contribution in [0.3, 0.4) is 0 Å². The summed E-state index contributed by atoms with van der Waals surface area (Å²) in [6, 6.07) is 10.5. The maximum atomic E-state index is 4.56. The second kappa shape index (κ2) is 8.13. The van der Waals surface area contributed by atoms with Gasteiger partial charge in [-0.25, -0.2) is 4.98 Å². The fraction of sp³-hybridized carbons (Fsp3) is 0.500. The molecule has 0 radical (unpaired) electrons. The van der Waals surface area contributed by atoms with Crippen molar-refractivity contribution in [3.8, 4) is 0 Å². The molecule has 0 aliphatic carbocycles. The van der Waals surface area contributed by atoms with E-state index < -0.39 is 0 Å². The Balaban J connectivity index is 2.05. The molecule has 0 bridgehead atoms. The number of anilines is 3. The quantitative estimate of drug-likeness (QED) is 0.666. The van der Waals surface area contributed by atoms with Crippen molar-refractivity contribution in [2.75, 3.05) is 17.2 Å². The number of hydrogen-bond acceptors (Lipinski definition) is 4. The number of rotatable bonds is 7. The second-order valence-electron chi connectivity index (χ2n) is 7.30. The van der Waals surface area contributed by atoms with Crippen LogP contribution in [0.2, 0.25) is 0 Å². The van der Waals surface area contributed by atoms with Gasteiger partial charge in [-0.1, -0.05) is 52.7 Å². The van der Waals surface area contributed by atoms with Gasteiger partial charge in [0, 0.05) is 24.0 Å². The predicted molar refractivity (Wildman–Crippen MR) is 103 cm³/mol. The molecule has 0 saturated heterocycles.